The van der Waals surface area contributed by atoms with E-state index in [2.05, 4.69) is 5.32 Å². The summed E-state index contributed by atoms with van der Waals surface area (Å²) in [5.74, 6) is -0.807. The van der Waals surface area contributed by atoms with Gasteiger partial charge in [0.1, 0.15) is 6.54 Å². The first kappa shape index (κ1) is 21.8. The maximum absolute atomic E-state index is 13.5. The molecule has 32 heavy (non-hydrogen) atoms. The summed E-state index contributed by atoms with van der Waals surface area (Å²) in [7, 11) is -3.84. The number of anilines is 2. The lowest BCUT2D eigenvalue weighted by Crippen LogP contribution is -2.38. The summed E-state index contributed by atoms with van der Waals surface area (Å²) in [6, 6.07) is 20.7. The molecule has 0 saturated carbocycles. The third-order valence-electron chi connectivity index (χ3n) is 5.63. The summed E-state index contributed by atoms with van der Waals surface area (Å²) < 4.78 is 27.0. The maximum Gasteiger partial charge on any atom is 0.244 e. The normalized spacial score (nSPS) is 17.4. The molecule has 6 nitrogen and oxygen atoms in total. The van der Waals surface area contributed by atoms with Crippen LogP contribution < -0.4 is 10.2 Å². The highest BCUT2D eigenvalue weighted by atomic mass is 32.2. The highest BCUT2D eigenvalue weighted by Crippen LogP contribution is 2.40. The van der Waals surface area contributed by atoms with Gasteiger partial charge in [0.15, 0.2) is 9.84 Å². The molecule has 1 aliphatic rings. The van der Waals surface area contributed by atoms with Gasteiger partial charge in [-0.1, -0.05) is 60.2 Å². The number of para-hydroxylation sites is 1. The second kappa shape index (κ2) is 8.59. The van der Waals surface area contributed by atoms with E-state index in [1.165, 1.54) is 11.0 Å². The van der Waals surface area contributed by atoms with Gasteiger partial charge in [-0.3, -0.25) is 9.59 Å². The van der Waals surface area contributed by atoms with Gasteiger partial charge in [-0.25, -0.2) is 8.42 Å². The van der Waals surface area contributed by atoms with Crippen molar-refractivity contribution < 1.29 is 18.0 Å². The Morgan fingerprint density at radius 1 is 1.00 bits per heavy atom. The largest absolute Gasteiger partial charge is 0.324 e. The Labute approximate surface area is 187 Å². The van der Waals surface area contributed by atoms with Gasteiger partial charge in [-0.2, -0.15) is 0 Å². The van der Waals surface area contributed by atoms with Crippen LogP contribution in [0.15, 0.2) is 77.7 Å². The monoisotopic (exact) mass is 448 g/mol. The van der Waals surface area contributed by atoms with Crippen LogP contribution in [0.25, 0.3) is 0 Å². The van der Waals surface area contributed by atoms with Crippen molar-refractivity contribution in [3.63, 3.8) is 0 Å². The Hall–Kier alpha value is -3.45. The van der Waals surface area contributed by atoms with Crippen LogP contribution in [0.5, 0.6) is 0 Å². The van der Waals surface area contributed by atoms with E-state index in [0.29, 0.717) is 11.3 Å². The van der Waals surface area contributed by atoms with E-state index < -0.39 is 26.9 Å². The van der Waals surface area contributed by atoms with E-state index in [4.69, 9.17) is 0 Å². The summed E-state index contributed by atoms with van der Waals surface area (Å²) in [4.78, 5) is 27.4. The molecule has 0 aromatic heterocycles. The highest BCUT2D eigenvalue weighted by molar-refractivity contribution is 7.92. The van der Waals surface area contributed by atoms with Crippen LogP contribution >= 0.6 is 0 Å². The van der Waals surface area contributed by atoms with Gasteiger partial charge in [-0.15, -0.1) is 0 Å². The second-order valence-corrected chi connectivity index (χ2v) is 10.1. The molecule has 0 radical (unpaired) electrons. The Morgan fingerprint density at radius 3 is 2.41 bits per heavy atom. The average Bonchev–Trinajstić information content (AvgIpc) is 2.85. The van der Waals surface area contributed by atoms with Crippen molar-refractivity contribution in [1.29, 1.82) is 0 Å². The van der Waals surface area contributed by atoms with Crippen molar-refractivity contribution in [2.24, 2.45) is 0 Å². The zero-order valence-corrected chi connectivity index (χ0v) is 18.7. The van der Waals surface area contributed by atoms with Crippen LogP contribution in [-0.4, -0.2) is 26.8 Å². The van der Waals surface area contributed by atoms with Gasteiger partial charge in [0.05, 0.1) is 15.8 Å². The molecular formula is C25H24N2O4S. The van der Waals surface area contributed by atoms with E-state index in [9.17, 15) is 18.0 Å². The molecule has 0 bridgehead atoms. The SMILES string of the molecule is Cc1ccc(NC(=O)CN2C(=O)C[C@H](c3ccccc3)S(=O)(=O)c3ccccc32)c(C)c1. The summed E-state index contributed by atoms with van der Waals surface area (Å²) in [6.45, 7) is 3.58. The van der Waals surface area contributed by atoms with Crippen LogP contribution in [0.3, 0.4) is 0 Å². The molecule has 3 aromatic rings. The van der Waals surface area contributed by atoms with Crippen molar-refractivity contribution in [3.8, 4) is 0 Å². The third kappa shape index (κ3) is 4.16. The zero-order chi connectivity index (χ0) is 22.9. The van der Waals surface area contributed by atoms with E-state index in [1.807, 2.05) is 32.0 Å². The van der Waals surface area contributed by atoms with Crippen LogP contribution in [-0.2, 0) is 19.4 Å². The molecule has 7 heteroatoms. The lowest BCUT2D eigenvalue weighted by molar-refractivity contribution is -0.121. The molecule has 0 unspecified atom stereocenters. The third-order valence-corrected chi connectivity index (χ3v) is 7.77. The number of amides is 2. The molecule has 0 aliphatic carbocycles. The fourth-order valence-corrected chi connectivity index (χ4v) is 5.93. The van der Waals surface area contributed by atoms with E-state index in [0.717, 1.165) is 11.1 Å². The molecule has 1 N–H and O–H groups in total. The lowest BCUT2D eigenvalue weighted by atomic mass is 10.1. The lowest BCUT2D eigenvalue weighted by Gasteiger charge is -2.22. The van der Waals surface area contributed by atoms with Crippen molar-refractivity contribution in [3.05, 3.63) is 89.5 Å². The number of nitrogens with one attached hydrogen (secondary N) is 1. The minimum Gasteiger partial charge on any atom is -0.324 e. The first-order valence-electron chi connectivity index (χ1n) is 10.3. The number of nitrogens with zero attached hydrogens (tertiary/aromatic N) is 1. The van der Waals surface area contributed by atoms with Gasteiger partial charge in [-0.05, 0) is 43.2 Å². The number of rotatable bonds is 4. The smallest absolute Gasteiger partial charge is 0.244 e. The van der Waals surface area contributed by atoms with Gasteiger partial charge in [0.25, 0.3) is 0 Å². The molecule has 164 valence electrons. The fourth-order valence-electron chi connectivity index (χ4n) is 4.01. The fraction of sp³-hybridized carbons (Fsp3) is 0.200. The number of carbonyl (C=O) groups is 2. The average molecular weight is 449 g/mol. The van der Waals surface area contributed by atoms with Crippen LogP contribution in [0, 0.1) is 13.8 Å². The van der Waals surface area contributed by atoms with E-state index in [-0.39, 0.29) is 23.5 Å². The maximum atomic E-state index is 13.5. The molecule has 3 aromatic carbocycles. The first-order valence-corrected chi connectivity index (χ1v) is 11.9. The Balaban J connectivity index is 1.69. The first-order chi connectivity index (χ1) is 15.3. The van der Waals surface area contributed by atoms with Crippen LogP contribution in [0.2, 0.25) is 0 Å². The van der Waals surface area contributed by atoms with Gasteiger partial charge >= 0.3 is 0 Å². The quantitative estimate of drug-likeness (QED) is 0.649. The number of sulfone groups is 1. The summed E-state index contributed by atoms with van der Waals surface area (Å²) in [5, 5.41) is 1.83. The van der Waals surface area contributed by atoms with Gasteiger partial charge < -0.3 is 10.2 Å². The molecule has 2 amide bonds. The molecule has 4 rings (SSSR count). The predicted molar refractivity (Wildman–Crippen MR) is 124 cm³/mol. The van der Waals surface area contributed by atoms with Crippen molar-refractivity contribution in [1.82, 2.24) is 0 Å². The van der Waals surface area contributed by atoms with Crippen LogP contribution in [0.1, 0.15) is 28.4 Å². The van der Waals surface area contributed by atoms with Crippen molar-refractivity contribution >= 4 is 33.0 Å². The van der Waals surface area contributed by atoms with E-state index >= 15 is 0 Å². The Morgan fingerprint density at radius 2 is 1.69 bits per heavy atom. The number of hydrogen-bond acceptors (Lipinski definition) is 4. The zero-order valence-electron chi connectivity index (χ0n) is 17.9. The predicted octanol–water partition coefficient (Wildman–Crippen LogP) is 4.19. The summed E-state index contributed by atoms with van der Waals surface area (Å²) in [6.07, 6.45) is -0.238. The topological polar surface area (TPSA) is 83.6 Å². The van der Waals surface area contributed by atoms with Crippen molar-refractivity contribution in [2.45, 2.75) is 30.4 Å². The second-order valence-electron chi connectivity index (χ2n) is 7.96. The minimum atomic E-state index is -3.84. The summed E-state index contributed by atoms with van der Waals surface area (Å²) in [5.41, 5.74) is 3.43. The summed E-state index contributed by atoms with van der Waals surface area (Å²) >= 11 is 0. The molecule has 0 spiro atoms. The number of hydrogen-bond donors (Lipinski definition) is 1. The highest BCUT2D eigenvalue weighted by Gasteiger charge is 2.39. The number of fused-ring (bicyclic) bond motifs is 1. The Bertz CT molecular complexity index is 1290. The molecule has 1 heterocycles. The van der Waals surface area contributed by atoms with Crippen molar-refractivity contribution in [2.75, 3.05) is 16.8 Å². The Kier molecular flexibility index (Phi) is 5.84. The minimum absolute atomic E-state index is 0.0546. The van der Waals surface area contributed by atoms with Gasteiger partial charge in [0, 0.05) is 12.1 Å². The number of aryl methyl sites for hydroxylation is 2. The van der Waals surface area contributed by atoms with Crippen LogP contribution in [0.4, 0.5) is 11.4 Å². The van der Waals surface area contributed by atoms with E-state index in [1.54, 1.807) is 48.5 Å². The van der Waals surface area contributed by atoms with Gasteiger partial charge in [0.2, 0.25) is 11.8 Å². The molecule has 0 saturated heterocycles. The number of benzene rings is 3. The molecule has 1 atom stereocenters. The molecule has 1 aliphatic heterocycles. The number of carbonyl (C=O) groups excluding carboxylic acids is 2. The standard InChI is InChI=1S/C25H24N2O4S/c1-17-12-13-20(18(2)14-17)26-24(28)16-27-21-10-6-7-11-22(21)32(30,31)23(15-25(27)29)19-8-4-3-5-9-19/h3-14,23H,15-16H2,1-2H3,(H,26,28)/t23-/m1/s1. The molecule has 0 fully saturated rings. The molecular weight excluding hydrogens is 424 g/mol.